The molecule has 5 rings (SSSR count). The van der Waals surface area contributed by atoms with Crippen LogP contribution in [0.25, 0.3) is 5.82 Å². The van der Waals surface area contributed by atoms with Gasteiger partial charge in [-0.15, -0.1) is 5.10 Å². The largest absolute Gasteiger partial charge is 0.456 e. The Kier molecular flexibility index (Phi) is 6.24. The van der Waals surface area contributed by atoms with Crippen molar-refractivity contribution in [1.29, 1.82) is 0 Å². The Morgan fingerprint density at radius 3 is 2.65 bits per heavy atom. The zero-order valence-corrected chi connectivity index (χ0v) is 19.1. The van der Waals surface area contributed by atoms with Crippen LogP contribution in [0, 0.1) is 0 Å². The van der Waals surface area contributed by atoms with Gasteiger partial charge in [0.15, 0.2) is 5.82 Å². The van der Waals surface area contributed by atoms with Crippen molar-refractivity contribution in [2.24, 2.45) is 0 Å². The van der Waals surface area contributed by atoms with Crippen LogP contribution in [0.4, 0.5) is 4.79 Å². The van der Waals surface area contributed by atoms with E-state index in [0.717, 1.165) is 44.5 Å². The van der Waals surface area contributed by atoms with Gasteiger partial charge >= 0.3 is 12.0 Å². The maximum Gasteiger partial charge on any atom is 0.336 e. The van der Waals surface area contributed by atoms with Gasteiger partial charge in [0.2, 0.25) is 0 Å². The SMILES string of the molecule is CC1=C(N2CCCN(C3CCN(CC(O)c4ccc(-n5cnnn5)nc4)CC3)C2=O)COC1=O. The van der Waals surface area contributed by atoms with E-state index in [1.54, 1.807) is 24.1 Å². The molecule has 2 fully saturated rings. The number of urea groups is 1. The van der Waals surface area contributed by atoms with Gasteiger partial charge in [-0.3, -0.25) is 4.90 Å². The predicted molar refractivity (Wildman–Crippen MR) is 118 cm³/mol. The first kappa shape index (κ1) is 22.4. The first-order valence-corrected chi connectivity index (χ1v) is 11.6. The molecule has 0 bridgehead atoms. The van der Waals surface area contributed by atoms with Crippen LogP contribution >= 0.6 is 0 Å². The lowest BCUT2D eigenvalue weighted by atomic mass is 10.0. The lowest BCUT2D eigenvalue weighted by molar-refractivity contribution is -0.136. The molecule has 0 aromatic carbocycles. The van der Waals surface area contributed by atoms with Crippen molar-refractivity contribution in [3.8, 4) is 5.82 Å². The molecule has 0 saturated carbocycles. The Morgan fingerprint density at radius 1 is 1.18 bits per heavy atom. The Balaban J connectivity index is 1.15. The van der Waals surface area contributed by atoms with Crippen molar-refractivity contribution in [3.05, 3.63) is 41.5 Å². The maximum absolute atomic E-state index is 13.2. The van der Waals surface area contributed by atoms with Crippen LogP contribution < -0.4 is 0 Å². The third-order valence-corrected chi connectivity index (χ3v) is 6.83. The molecule has 1 N–H and O–H groups in total. The van der Waals surface area contributed by atoms with Gasteiger partial charge < -0.3 is 19.6 Å². The number of hydrogen-bond acceptors (Lipinski definition) is 9. The lowest BCUT2D eigenvalue weighted by Crippen LogP contribution is -2.55. The van der Waals surface area contributed by atoms with E-state index in [4.69, 9.17) is 4.74 Å². The molecule has 2 saturated heterocycles. The Hall–Kier alpha value is -3.38. The van der Waals surface area contributed by atoms with Crippen molar-refractivity contribution < 1.29 is 19.4 Å². The number of tetrazole rings is 1. The van der Waals surface area contributed by atoms with Gasteiger partial charge in [0, 0.05) is 50.5 Å². The van der Waals surface area contributed by atoms with E-state index in [1.807, 2.05) is 11.0 Å². The van der Waals surface area contributed by atoms with Gasteiger partial charge in [0.05, 0.1) is 17.4 Å². The van der Waals surface area contributed by atoms with E-state index in [2.05, 4.69) is 25.4 Å². The van der Waals surface area contributed by atoms with Crippen LogP contribution in [0.5, 0.6) is 0 Å². The van der Waals surface area contributed by atoms with E-state index >= 15 is 0 Å². The second kappa shape index (κ2) is 9.47. The number of ether oxygens (including phenoxy) is 1. The molecule has 12 heteroatoms. The summed E-state index contributed by atoms with van der Waals surface area (Å²) in [5, 5.41) is 21.7. The minimum absolute atomic E-state index is 0.0360. The van der Waals surface area contributed by atoms with Crippen molar-refractivity contribution in [2.45, 2.75) is 38.3 Å². The van der Waals surface area contributed by atoms with Crippen LogP contribution in [0.1, 0.15) is 37.9 Å². The third-order valence-electron chi connectivity index (χ3n) is 6.83. The van der Waals surface area contributed by atoms with E-state index in [-0.39, 0.29) is 24.6 Å². The molecular formula is C22H28N8O4. The predicted octanol–water partition coefficient (Wildman–Crippen LogP) is 0.514. The molecule has 180 valence electrons. The minimum Gasteiger partial charge on any atom is -0.456 e. The number of rotatable bonds is 6. The molecule has 12 nitrogen and oxygen atoms in total. The number of nitrogens with zero attached hydrogens (tertiary/aromatic N) is 8. The first-order valence-electron chi connectivity index (χ1n) is 11.6. The second-order valence-corrected chi connectivity index (χ2v) is 8.88. The van der Waals surface area contributed by atoms with Crippen LogP contribution in [-0.2, 0) is 9.53 Å². The molecule has 0 spiro atoms. The third kappa shape index (κ3) is 4.38. The standard InChI is InChI=1S/C22H28N8O4/c1-15-18(13-34-21(15)32)29-8-2-7-28(22(29)33)17-5-9-27(10-6-17)12-19(31)16-3-4-20(23-11-16)30-14-24-25-26-30/h3-4,11,14,17,19,31H,2,5-10,12-13H2,1H3. The Labute approximate surface area is 196 Å². The molecular weight excluding hydrogens is 440 g/mol. The molecule has 3 aliphatic heterocycles. The molecule has 1 unspecified atom stereocenters. The summed E-state index contributed by atoms with van der Waals surface area (Å²) >= 11 is 0. The maximum atomic E-state index is 13.2. The number of likely N-dealkylation sites (tertiary alicyclic amines) is 1. The van der Waals surface area contributed by atoms with Gasteiger partial charge in [-0.05, 0) is 42.7 Å². The molecule has 1 atom stereocenters. The summed E-state index contributed by atoms with van der Waals surface area (Å²) in [5.74, 6) is 0.244. The van der Waals surface area contributed by atoms with E-state index < -0.39 is 6.10 Å². The molecule has 2 aromatic rings. The van der Waals surface area contributed by atoms with Crippen LogP contribution in [0.15, 0.2) is 35.9 Å². The highest BCUT2D eigenvalue weighted by molar-refractivity contribution is 5.92. The fourth-order valence-electron chi connectivity index (χ4n) is 4.84. The molecule has 0 aliphatic carbocycles. The normalized spacial score (nSPS) is 21.4. The summed E-state index contributed by atoms with van der Waals surface area (Å²) in [6.07, 6.45) is 5.00. The highest BCUT2D eigenvalue weighted by Gasteiger charge is 2.37. The fourth-order valence-corrected chi connectivity index (χ4v) is 4.84. The monoisotopic (exact) mass is 468 g/mol. The number of aliphatic hydroxyl groups is 1. The molecule has 5 heterocycles. The number of amides is 2. The number of esters is 1. The van der Waals surface area contributed by atoms with Crippen molar-refractivity contribution in [2.75, 3.05) is 39.3 Å². The number of aliphatic hydroxyl groups excluding tert-OH is 1. The average Bonchev–Trinajstić information content (AvgIpc) is 3.51. The highest BCUT2D eigenvalue weighted by atomic mass is 16.5. The summed E-state index contributed by atoms with van der Waals surface area (Å²) in [7, 11) is 0. The summed E-state index contributed by atoms with van der Waals surface area (Å²) in [4.78, 5) is 35.1. The van der Waals surface area contributed by atoms with Gasteiger partial charge in [-0.25, -0.2) is 14.6 Å². The average molecular weight is 469 g/mol. The van der Waals surface area contributed by atoms with E-state index in [0.29, 0.717) is 30.2 Å². The van der Waals surface area contributed by atoms with Gasteiger partial charge in [0.1, 0.15) is 12.9 Å². The lowest BCUT2D eigenvalue weighted by Gasteiger charge is -2.43. The number of carbonyl (C=O) groups excluding carboxylic acids is 2. The number of aromatic nitrogens is 5. The number of carbonyl (C=O) groups is 2. The van der Waals surface area contributed by atoms with E-state index in [9.17, 15) is 14.7 Å². The Bertz CT molecular complexity index is 1060. The number of pyridine rings is 1. The number of piperidine rings is 1. The van der Waals surface area contributed by atoms with Crippen molar-refractivity contribution in [3.63, 3.8) is 0 Å². The Morgan fingerprint density at radius 2 is 2.00 bits per heavy atom. The second-order valence-electron chi connectivity index (χ2n) is 8.88. The summed E-state index contributed by atoms with van der Waals surface area (Å²) in [5.41, 5.74) is 1.96. The first-order chi connectivity index (χ1) is 16.5. The zero-order valence-electron chi connectivity index (χ0n) is 19.1. The zero-order chi connectivity index (χ0) is 23.7. The molecule has 3 aliphatic rings. The van der Waals surface area contributed by atoms with Crippen molar-refractivity contribution in [1.82, 2.24) is 39.9 Å². The van der Waals surface area contributed by atoms with Gasteiger partial charge in [-0.2, -0.15) is 4.68 Å². The molecule has 0 radical (unpaired) electrons. The quantitative estimate of drug-likeness (QED) is 0.603. The van der Waals surface area contributed by atoms with Gasteiger partial charge in [0.25, 0.3) is 0 Å². The summed E-state index contributed by atoms with van der Waals surface area (Å²) in [6.45, 7) is 5.33. The highest BCUT2D eigenvalue weighted by Crippen LogP contribution is 2.27. The van der Waals surface area contributed by atoms with Crippen LogP contribution in [0.2, 0.25) is 0 Å². The molecule has 2 aromatic heterocycles. The van der Waals surface area contributed by atoms with Crippen LogP contribution in [-0.4, -0.2) is 102 Å². The number of β-amino-alcohol motifs (C(OH)–C–C–N with tert-alkyl or cyclic N) is 1. The fraction of sp³-hybridized carbons (Fsp3) is 0.545. The summed E-state index contributed by atoms with van der Waals surface area (Å²) < 4.78 is 6.56. The molecule has 2 amide bonds. The number of hydrogen-bond donors (Lipinski definition) is 1. The van der Waals surface area contributed by atoms with Crippen molar-refractivity contribution >= 4 is 12.0 Å². The van der Waals surface area contributed by atoms with E-state index in [1.165, 1.54) is 11.0 Å². The number of cyclic esters (lactones) is 1. The summed E-state index contributed by atoms with van der Waals surface area (Å²) in [6, 6.07) is 3.72. The van der Waals surface area contributed by atoms with Gasteiger partial charge in [-0.1, -0.05) is 6.07 Å². The van der Waals surface area contributed by atoms with Crippen LogP contribution in [0.3, 0.4) is 0 Å². The minimum atomic E-state index is -0.658. The molecule has 34 heavy (non-hydrogen) atoms. The topological polar surface area (TPSA) is 130 Å². The smallest absolute Gasteiger partial charge is 0.336 e.